The summed E-state index contributed by atoms with van der Waals surface area (Å²) in [6.45, 7) is 1.50. The fraction of sp³-hybridized carbons (Fsp3) is 0.407. The van der Waals surface area contributed by atoms with Crippen LogP contribution in [0.4, 0.5) is 5.82 Å². The van der Waals surface area contributed by atoms with Gasteiger partial charge < -0.3 is 15.6 Å². The summed E-state index contributed by atoms with van der Waals surface area (Å²) < 4.78 is 2.11. The smallest absolute Gasteiger partial charge is 0.222 e. The average molecular weight is 470 g/mol. The summed E-state index contributed by atoms with van der Waals surface area (Å²) in [5.41, 5.74) is 11.1. The van der Waals surface area contributed by atoms with Gasteiger partial charge in [0.05, 0.1) is 16.9 Å². The highest BCUT2D eigenvalue weighted by molar-refractivity contribution is 6.04. The van der Waals surface area contributed by atoms with Crippen molar-refractivity contribution in [3.8, 4) is 11.3 Å². The molecule has 0 radical (unpaired) electrons. The molecular weight excluding hydrogens is 438 g/mol. The maximum Gasteiger partial charge on any atom is 0.222 e. The first-order valence-electron chi connectivity index (χ1n) is 12.7. The normalized spacial score (nSPS) is 19.7. The molecule has 2 aliphatic rings. The number of H-pyrrole nitrogens is 1. The fourth-order valence-electron chi connectivity index (χ4n) is 5.52. The molecule has 1 amide bonds. The number of nitrogens with two attached hydrogens (primary N) is 1. The minimum Gasteiger partial charge on any atom is -0.383 e. The molecule has 0 unspecified atom stereocenters. The number of anilines is 1. The molecule has 6 rings (SSSR count). The van der Waals surface area contributed by atoms with Crippen molar-refractivity contribution < 1.29 is 4.79 Å². The maximum atomic E-state index is 13.0. The van der Waals surface area contributed by atoms with E-state index in [1.54, 1.807) is 0 Å². The van der Waals surface area contributed by atoms with Crippen LogP contribution in [0.25, 0.3) is 39.3 Å². The predicted octanol–water partition coefficient (Wildman–Crippen LogP) is 5.09. The molecule has 35 heavy (non-hydrogen) atoms. The predicted molar refractivity (Wildman–Crippen MR) is 139 cm³/mol. The topological polar surface area (TPSA) is 106 Å². The number of amides is 1. The summed E-state index contributed by atoms with van der Waals surface area (Å²) >= 11 is 0. The molecular formula is C27H31N7O. The fourth-order valence-corrected chi connectivity index (χ4v) is 5.52. The molecule has 8 heteroatoms. The summed E-state index contributed by atoms with van der Waals surface area (Å²) in [6, 6.07) is 4.19. The highest BCUT2D eigenvalue weighted by atomic mass is 16.2. The number of pyridine rings is 2. The van der Waals surface area contributed by atoms with Gasteiger partial charge in [-0.15, -0.1) is 0 Å². The molecule has 3 N–H and O–H groups in total. The average Bonchev–Trinajstić information content (AvgIpc) is 3.51. The zero-order valence-electron chi connectivity index (χ0n) is 19.9. The van der Waals surface area contributed by atoms with Crippen molar-refractivity contribution in [3.63, 3.8) is 0 Å². The maximum absolute atomic E-state index is 13.0. The number of carbonyl (C=O) groups is 1. The third kappa shape index (κ3) is 4.07. The Hall–Kier alpha value is -3.68. The lowest BCUT2D eigenvalue weighted by Gasteiger charge is -2.33. The second kappa shape index (κ2) is 9.17. The highest BCUT2D eigenvalue weighted by Crippen LogP contribution is 2.37. The van der Waals surface area contributed by atoms with Crippen molar-refractivity contribution in [2.45, 2.75) is 57.4 Å². The van der Waals surface area contributed by atoms with E-state index in [4.69, 9.17) is 10.8 Å². The van der Waals surface area contributed by atoms with Gasteiger partial charge in [-0.25, -0.2) is 9.97 Å². The minimum atomic E-state index is 0.0898. The van der Waals surface area contributed by atoms with Gasteiger partial charge in [-0.2, -0.15) is 5.10 Å². The van der Waals surface area contributed by atoms with E-state index in [0.717, 1.165) is 90.2 Å². The molecule has 0 spiro atoms. The highest BCUT2D eigenvalue weighted by Gasteiger charge is 2.29. The largest absolute Gasteiger partial charge is 0.383 e. The molecule has 6 heterocycles. The van der Waals surface area contributed by atoms with Crippen LogP contribution in [0.3, 0.4) is 0 Å². The minimum absolute atomic E-state index is 0.0898. The molecule has 0 aromatic carbocycles. The first kappa shape index (κ1) is 21.8. The first-order chi connectivity index (χ1) is 17.2. The number of aromatic nitrogens is 5. The van der Waals surface area contributed by atoms with Gasteiger partial charge in [0.25, 0.3) is 0 Å². The standard InChI is InChI=1S/C27H31N7O/c28-26-23-24(20-14-18-11-12-29-27(18)31-16-20)32-34-21-9-7-13-33(17-21)22(35)10-6-4-2-1-3-5-8-19(15-30-26)25(23)34/h5,8,11-12,14-16,21H,1-4,6-7,9-10,13,17H2,(H2,28,30)(H,29,31)/t21-/m1/s1. The lowest BCUT2D eigenvalue weighted by molar-refractivity contribution is -0.133. The number of allylic oxidation sites excluding steroid dienone is 1. The van der Waals surface area contributed by atoms with Gasteiger partial charge in [0.1, 0.15) is 17.2 Å². The number of aromatic amines is 1. The van der Waals surface area contributed by atoms with E-state index in [1.165, 1.54) is 0 Å². The van der Waals surface area contributed by atoms with Gasteiger partial charge >= 0.3 is 0 Å². The van der Waals surface area contributed by atoms with Crippen LogP contribution < -0.4 is 5.73 Å². The Morgan fingerprint density at radius 1 is 1.09 bits per heavy atom. The lowest BCUT2D eigenvalue weighted by Crippen LogP contribution is -2.40. The number of rotatable bonds is 1. The third-order valence-electron chi connectivity index (χ3n) is 7.36. The molecule has 1 fully saturated rings. The summed E-state index contributed by atoms with van der Waals surface area (Å²) in [5, 5.41) is 7.03. The van der Waals surface area contributed by atoms with Gasteiger partial charge in [-0.3, -0.25) is 9.48 Å². The van der Waals surface area contributed by atoms with Gasteiger partial charge in [0.2, 0.25) is 5.91 Å². The van der Waals surface area contributed by atoms with Crippen molar-refractivity contribution in [3.05, 3.63) is 42.4 Å². The Morgan fingerprint density at radius 3 is 2.94 bits per heavy atom. The summed E-state index contributed by atoms with van der Waals surface area (Å²) in [7, 11) is 0. The summed E-state index contributed by atoms with van der Waals surface area (Å²) in [5.74, 6) is 0.733. The molecule has 4 aromatic rings. The Kier molecular flexibility index (Phi) is 5.72. The Morgan fingerprint density at radius 2 is 2.00 bits per heavy atom. The third-order valence-corrected chi connectivity index (χ3v) is 7.36. The molecule has 1 saturated heterocycles. The summed E-state index contributed by atoms with van der Waals surface area (Å²) in [6.07, 6.45) is 17.9. The zero-order valence-corrected chi connectivity index (χ0v) is 19.9. The SMILES string of the molecule is Nc1ncc2c3c1c(-c1cnc4[nH]ccc4c1)nn3[C@@H]1CCCN(C1)C(=O)CCCCCCC=C2. The van der Waals surface area contributed by atoms with Gasteiger partial charge in [0.15, 0.2) is 0 Å². The first-order valence-corrected chi connectivity index (χ1v) is 12.7. The van der Waals surface area contributed by atoms with Crippen LogP contribution in [0.5, 0.6) is 0 Å². The van der Waals surface area contributed by atoms with Gasteiger partial charge in [-0.05, 0) is 44.2 Å². The molecule has 0 saturated carbocycles. The number of hydrogen-bond donors (Lipinski definition) is 2. The van der Waals surface area contributed by atoms with E-state index in [0.29, 0.717) is 18.8 Å². The molecule has 0 aliphatic carbocycles. The molecule has 8 nitrogen and oxygen atoms in total. The molecule has 2 aliphatic heterocycles. The van der Waals surface area contributed by atoms with Crippen molar-refractivity contribution in [2.24, 2.45) is 0 Å². The van der Waals surface area contributed by atoms with Crippen LogP contribution in [-0.2, 0) is 4.79 Å². The lowest BCUT2D eigenvalue weighted by atomic mass is 10.0. The monoisotopic (exact) mass is 469 g/mol. The van der Waals surface area contributed by atoms with Crippen molar-refractivity contribution in [2.75, 3.05) is 18.8 Å². The van der Waals surface area contributed by atoms with Crippen LogP contribution in [-0.4, -0.2) is 48.6 Å². The second-order valence-electron chi connectivity index (χ2n) is 9.75. The number of hydrogen-bond acceptors (Lipinski definition) is 5. The van der Waals surface area contributed by atoms with E-state index in [1.807, 2.05) is 29.6 Å². The number of fused-ring (bicyclic) bond motifs is 4. The van der Waals surface area contributed by atoms with E-state index in [9.17, 15) is 4.79 Å². The molecule has 4 aromatic heterocycles. The van der Waals surface area contributed by atoms with Crippen LogP contribution in [0.15, 0.2) is 36.8 Å². The molecule has 180 valence electrons. The van der Waals surface area contributed by atoms with Crippen molar-refractivity contribution >= 4 is 39.7 Å². The van der Waals surface area contributed by atoms with Crippen LogP contribution in [0.1, 0.15) is 63.0 Å². The van der Waals surface area contributed by atoms with Gasteiger partial charge in [0, 0.05) is 54.6 Å². The molecule has 2 bridgehead atoms. The summed E-state index contributed by atoms with van der Waals surface area (Å²) in [4.78, 5) is 27.3. The Labute approximate surface area is 204 Å². The van der Waals surface area contributed by atoms with E-state index in [2.05, 4.69) is 37.9 Å². The van der Waals surface area contributed by atoms with E-state index >= 15 is 0 Å². The number of nitrogen functional groups attached to an aromatic ring is 1. The quantitative estimate of drug-likeness (QED) is 0.404. The zero-order chi connectivity index (χ0) is 23.8. The van der Waals surface area contributed by atoms with Crippen molar-refractivity contribution in [1.82, 2.24) is 29.6 Å². The Bertz CT molecular complexity index is 1420. The number of carbonyl (C=O) groups excluding carboxylic acids is 1. The van der Waals surface area contributed by atoms with Crippen LogP contribution in [0, 0.1) is 0 Å². The second-order valence-corrected chi connectivity index (χ2v) is 9.75. The van der Waals surface area contributed by atoms with Crippen molar-refractivity contribution in [1.29, 1.82) is 0 Å². The van der Waals surface area contributed by atoms with Gasteiger partial charge in [-0.1, -0.05) is 25.0 Å². The number of nitrogens with zero attached hydrogens (tertiary/aromatic N) is 5. The Balaban J connectivity index is 1.54. The van der Waals surface area contributed by atoms with E-state index < -0.39 is 0 Å². The van der Waals surface area contributed by atoms with Crippen LogP contribution in [0.2, 0.25) is 0 Å². The molecule has 1 atom stereocenters. The van der Waals surface area contributed by atoms with Crippen LogP contribution >= 0.6 is 0 Å². The number of nitrogens with one attached hydrogen (secondary N) is 1. The van der Waals surface area contributed by atoms with E-state index in [-0.39, 0.29) is 11.9 Å². The number of piperidine rings is 1.